The fraction of sp³-hybridized carbons (Fsp3) is 0.786. The summed E-state index contributed by atoms with van der Waals surface area (Å²) < 4.78 is 5.35. The largest absolute Gasteiger partial charge is 0.368 e. The fourth-order valence-corrected chi connectivity index (χ4v) is 5.23. The highest BCUT2D eigenvalue weighted by atomic mass is 32.2. The molecule has 0 aromatic carbocycles. The maximum Gasteiger partial charge on any atom is 0.237 e. The van der Waals surface area contributed by atoms with Crippen LogP contribution in [0.1, 0.15) is 51.3 Å². The number of nitrogens with two attached hydrogens (primary N) is 1. The van der Waals surface area contributed by atoms with E-state index in [1.165, 1.54) is 24.4 Å². The van der Waals surface area contributed by atoms with Crippen molar-refractivity contribution in [2.24, 2.45) is 5.73 Å². The molecule has 0 radical (unpaired) electrons. The van der Waals surface area contributed by atoms with Crippen LogP contribution >= 0.6 is 23.3 Å². The third-order valence-electron chi connectivity index (χ3n) is 4.27. The van der Waals surface area contributed by atoms with Gasteiger partial charge in [0.2, 0.25) is 5.91 Å². The Morgan fingerprint density at radius 2 is 2.33 bits per heavy atom. The highest BCUT2D eigenvalue weighted by molar-refractivity contribution is 8.01. The van der Waals surface area contributed by atoms with Gasteiger partial charge in [0.1, 0.15) is 5.82 Å². The van der Waals surface area contributed by atoms with Crippen LogP contribution in [0, 0.1) is 0 Å². The maximum absolute atomic E-state index is 12.0. The number of rotatable bonds is 6. The summed E-state index contributed by atoms with van der Waals surface area (Å²) in [5.41, 5.74) is 5.22. The van der Waals surface area contributed by atoms with Crippen LogP contribution in [0.2, 0.25) is 0 Å². The number of nitrogens with zero attached hydrogens (tertiary/aromatic N) is 2. The first-order valence-electron chi connectivity index (χ1n) is 7.68. The summed E-state index contributed by atoms with van der Waals surface area (Å²) in [6.07, 6.45) is 7.05. The van der Waals surface area contributed by atoms with Gasteiger partial charge in [0.15, 0.2) is 4.34 Å². The van der Waals surface area contributed by atoms with Crippen LogP contribution < -0.4 is 11.1 Å². The molecule has 5 nitrogen and oxygen atoms in total. The predicted molar refractivity (Wildman–Crippen MR) is 85.5 cm³/mol. The molecule has 2 aliphatic carbocycles. The van der Waals surface area contributed by atoms with E-state index in [0.717, 1.165) is 42.3 Å². The molecule has 1 amide bonds. The number of amides is 1. The second-order valence-electron chi connectivity index (χ2n) is 6.03. The average Bonchev–Trinajstić information content (AvgIpc) is 3.15. The molecule has 116 valence electrons. The molecule has 1 aromatic heterocycles. The van der Waals surface area contributed by atoms with Crippen LogP contribution in [0.4, 0.5) is 0 Å². The summed E-state index contributed by atoms with van der Waals surface area (Å²) in [6, 6.07) is 0.495. The molecule has 0 saturated heterocycles. The van der Waals surface area contributed by atoms with Gasteiger partial charge < -0.3 is 11.1 Å². The second kappa shape index (κ2) is 6.22. The lowest BCUT2D eigenvalue weighted by Crippen LogP contribution is -2.59. The zero-order chi connectivity index (χ0) is 14.9. The van der Waals surface area contributed by atoms with E-state index in [1.54, 1.807) is 11.8 Å². The average molecular weight is 326 g/mol. The lowest BCUT2D eigenvalue weighted by Gasteiger charge is -2.39. The molecule has 2 unspecified atom stereocenters. The van der Waals surface area contributed by atoms with Crippen LogP contribution in [-0.2, 0) is 11.2 Å². The lowest BCUT2D eigenvalue weighted by atomic mass is 9.80. The Balaban J connectivity index is 1.67. The Hall–Kier alpha value is -0.660. The summed E-state index contributed by atoms with van der Waals surface area (Å²) in [5.74, 6) is 0.724. The van der Waals surface area contributed by atoms with Crippen molar-refractivity contribution in [1.82, 2.24) is 14.7 Å². The minimum Gasteiger partial charge on any atom is -0.368 e. The van der Waals surface area contributed by atoms with Crippen molar-refractivity contribution in [3.05, 3.63) is 5.82 Å². The zero-order valence-corrected chi connectivity index (χ0v) is 13.9. The van der Waals surface area contributed by atoms with Crippen molar-refractivity contribution in [1.29, 1.82) is 0 Å². The minimum absolute atomic E-state index is 0.189. The molecule has 1 aromatic rings. The topological polar surface area (TPSA) is 80.9 Å². The monoisotopic (exact) mass is 326 g/mol. The Morgan fingerprint density at radius 1 is 1.52 bits per heavy atom. The van der Waals surface area contributed by atoms with E-state index < -0.39 is 5.54 Å². The number of thioether (sulfide) groups is 1. The van der Waals surface area contributed by atoms with E-state index in [-0.39, 0.29) is 5.91 Å². The van der Waals surface area contributed by atoms with Gasteiger partial charge in [-0.05, 0) is 50.1 Å². The third-order valence-corrected chi connectivity index (χ3v) is 6.36. The van der Waals surface area contributed by atoms with Gasteiger partial charge in [-0.3, -0.25) is 4.79 Å². The van der Waals surface area contributed by atoms with Crippen molar-refractivity contribution in [2.75, 3.05) is 0 Å². The van der Waals surface area contributed by atoms with Crippen LogP contribution in [0.25, 0.3) is 0 Å². The number of aryl methyl sites for hydroxylation is 1. The quantitative estimate of drug-likeness (QED) is 0.837. The molecule has 0 aliphatic heterocycles. The van der Waals surface area contributed by atoms with Gasteiger partial charge in [-0.1, -0.05) is 18.7 Å². The standard InChI is InChI=1S/C14H22N4OS2/c1-2-11-16-13(21-18-11)20-10-4-3-7-14(8-10,12(15)19)17-9-5-6-9/h9-10,17H,2-8H2,1H3,(H2,15,19). The van der Waals surface area contributed by atoms with Gasteiger partial charge >= 0.3 is 0 Å². The van der Waals surface area contributed by atoms with Gasteiger partial charge in [0.25, 0.3) is 0 Å². The molecular formula is C14H22N4OS2. The molecule has 1 heterocycles. The first-order valence-corrected chi connectivity index (χ1v) is 9.33. The van der Waals surface area contributed by atoms with Gasteiger partial charge in [-0.25, -0.2) is 4.98 Å². The van der Waals surface area contributed by atoms with Crippen molar-refractivity contribution < 1.29 is 4.79 Å². The van der Waals surface area contributed by atoms with E-state index in [9.17, 15) is 4.79 Å². The number of hydrogen-bond acceptors (Lipinski definition) is 6. The lowest BCUT2D eigenvalue weighted by molar-refractivity contribution is -0.125. The summed E-state index contributed by atoms with van der Waals surface area (Å²) in [7, 11) is 0. The molecule has 21 heavy (non-hydrogen) atoms. The molecule has 3 rings (SSSR count). The highest BCUT2D eigenvalue weighted by Crippen LogP contribution is 2.40. The number of carbonyl (C=O) groups is 1. The molecule has 2 aliphatic rings. The smallest absolute Gasteiger partial charge is 0.237 e. The Kier molecular flexibility index (Phi) is 4.51. The van der Waals surface area contributed by atoms with E-state index in [0.29, 0.717) is 11.3 Å². The zero-order valence-electron chi connectivity index (χ0n) is 12.3. The third kappa shape index (κ3) is 3.57. The van der Waals surface area contributed by atoms with Gasteiger partial charge in [0.05, 0.1) is 5.54 Å². The molecular weight excluding hydrogens is 304 g/mol. The Labute approximate surface area is 133 Å². The number of hydrogen-bond donors (Lipinski definition) is 2. The molecule has 3 N–H and O–H groups in total. The second-order valence-corrected chi connectivity index (χ2v) is 8.33. The van der Waals surface area contributed by atoms with Gasteiger partial charge in [0, 0.05) is 17.7 Å². The van der Waals surface area contributed by atoms with E-state index in [1.807, 2.05) is 0 Å². The molecule has 2 fully saturated rings. The highest BCUT2D eigenvalue weighted by Gasteiger charge is 2.44. The first-order chi connectivity index (χ1) is 10.1. The SMILES string of the molecule is CCc1nsc(SC2CCCC(NC3CC3)(C(N)=O)C2)n1. The van der Waals surface area contributed by atoms with Crippen molar-refractivity contribution in [3.8, 4) is 0 Å². The van der Waals surface area contributed by atoms with Gasteiger partial charge in [-0.15, -0.1) is 0 Å². The van der Waals surface area contributed by atoms with Crippen molar-refractivity contribution >= 4 is 29.2 Å². The van der Waals surface area contributed by atoms with E-state index in [4.69, 9.17) is 5.73 Å². The summed E-state index contributed by atoms with van der Waals surface area (Å²) >= 11 is 3.23. The summed E-state index contributed by atoms with van der Waals surface area (Å²) in [5, 5.41) is 3.92. The number of aromatic nitrogens is 2. The molecule has 7 heteroatoms. The van der Waals surface area contributed by atoms with Crippen molar-refractivity contribution in [3.63, 3.8) is 0 Å². The Morgan fingerprint density at radius 3 is 2.95 bits per heavy atom. The first kappa shape index (κ1) is 15.2. The van der Waals surface area contributed by atoms with Crippen LogP contribution in [0.15, 0.2) is 4.34 Å². The normalized spacial score (nSPS) is 29.5. The van der Waals surface area contributed by atoms with E-state index >= 15 is 0 Å². The molecule has 0 bridgehead atoms. The Bertz CT molecular complexity index is 517. The molecule has 2 saturated carbocycles. The fourth-order valence-electron chi connectivity index (χ4n) is 2.94. The summed E-state index contributed by atoms with van der Waals surface area (Å²) in [4.78, 5) is 16.5. The van der Waals surface area contributed by atoms with Crippen molar-refractivity contribution in [2.45, 2.75) is 73.0 Å². The summed E-state index contributed by atoms with van der Waals surface area (Å²) in [6.45, 7) is 2.06. The predicted octanol–water partition coefficient (Wildman–Crippen LogP) is 2.11. The number of carbonyl (C=O) groups excluding carboxylic acids is 1. The molecule has 0 spiro atoms. The van der Waals surface area contributed by atoms with Crippen LogP contribution in [0.5, 0.6) is 0 Å². The van der Waals surface area contributed by atoms with Gasteiger partial charge in [-0.2, -0.15) is 4.37 Å². The van der Waals surface area contributed by atoms with E-state index in [2.05, 4.69) is 21.6 Å². The number of nitrogens with one attached hydrogen (secondary N) is 1. The molecule has 2 atom stereocenters. The maximum atomic E-state index is 12.0. The van der Waals surface area contributed by atoms with Crippen LogP contribution in [0.3, 0.4) is 0 Å². The minimum atomic E-state index is -0.505. The number of primary amides is 1. The van der Waals surface area contributed by atoms with Crippen LogP contribution in [-0.4, -0.2) is 32.1 Å².